The van der Waals surface area contributed by atoms with Crippen LogP contribution in [0.4, 0.5) is 0 Å². The zero-order valence-corrected chi connectivity index (χ0v) is 10.5. The first-order valence-corrected chi connectivity index (χ1v) is 5.91. The summed E-state index contributed by atoms with van der Waals surface area (Å²) < 4.78 is 4.51. The van der Waals surface area contributed by atoms with Crippen LogP contribution >= 0.6 is 0 Å². The van der Waals surface area contributed by atoms with Gasteiger partial charge in [-0.05, 0) is 11.6 Å². The number of ketones is 1. The van der Waals surface area contributed by atoms with Gasteiger partial charge in [0.2, 0.25) is 5.91 Å². The van der Waals surface area contributed by atoms with Gasteiger partial charge in [0.25, 0.3) is 0 Å². The van der Waals surface area contributed by atoms with Gasteiger partial charge in [0.1, 0.15) is 0 Å². The highest BCUT2D eigenvalue weighted by Gasteiger charge is 2.41. The number of methoxy groups -OCH3 is 1. The quantitative estimate of drug-likeness (QED) is 0.573. The molecule has 0 saturated carbocycles. The Morgan fingerprint density at radius 2 is 2.32 bits per heavy atom. The van der Waals surface area contributed by atoms with Crippen molar-refractivity contribution in [2.75, 3.05) is 13.7 Å². The van der Waals surface area contributed by atoms with Crippen molar-refractivity contribution in [1.29, 1.82) is 0 Å². The van der Waals surface area contributed by atoms with Crippen LogP contribution in [-0.4, -0.2) is 41.2 Å². The van der Waals surface area contributed by atoms with E-state index in [1.807, 2.05) is 6.07 Å². The first-order valence-electron chi connectivity index (χ1n) is 5.91. The highest BCUT2D eigenvalue weighted by Crippen LogP contribution is 2.18. The zero-order valence-electron chi connectivity index (χ0n) is 10.5. The average molecular weight is 262 g/mol. The molecule has 0 aromatic carbocycles. The molecular weight excluding hydrogens is 248 g/mol. The van der Waals surface area contributed by atoms with Crippen LogP contribution in [0.2, 0.25) is 0 Å². The largest absolute Gasteiger partial charge is 0.468 e. The Kier molecular flexibility index (Phi) is 3.89. The van der Waals surface area contributed by atoms with Crippen molar-refractivity contribution < 1.29 is 19.1 Å². The number of amides is 1. The molecule has 1 atom stereocenters. The van der Waals surface area contributed by atoms with E-state index in [-0.39, 0.29) is 12.2 Å². The minimum Gasteiger partial charge on any atom is -0.468 e. The smallest absolute Gasteiger partial charge is 0.325 e. The normalized spacial score (nSPS) is 19.4. The number of piperidine rings is 1. The van der Waals surface area contributed by atoms with Gasteiger partial charge in [0.05, 0.1) is 7.11 Å². The molecule has 100 valence electrons. The number of hydrogen-bond acceptors (Lipinski definition) is 5. The van der Waals surface area contributed by atoms with Gasteiger partial charge in [-0.25, -0.2) is 0 Å². The molecule has 0 N–H and O–H groups in total. The van der Waals surface area contributed by atoms with Gasteiger partial charge < -0.3 is 9.64 Å². The van der Waals surface area contributed by atoms with Crippen molar-refractivity contribution in [1.82, 2.24) is 9.88 Å². The number of nitrogens with zero attached hydrogens (tertiary/aromatic N) is 2. The fraction of sp³-hybridized carbons (Fsp3) is 0.385. The molecule has 2 heterocycles. The Bertz CT molecular complexity index is 493. The van der Waals surface area contributed by atoms with Crippen LogP contribution < -0.4 is 0 Å². The topological polar surface area (TPSA) is 76.6 Å². The first kappa shape index (κ1) is 13.2. The number of rotatable bonds is 3. The van der Waals surface area contributed by atoms with Crippen LogP contribution in [0.3, 0.4) is 0 Å². The van der Waals surface area contributed by atoms with E-state index >= 15 is 0 Å². The lowest BCUT2D eigenvalue weighted by atomic mass is 9.95. The predicted octanol–water partition coefficient (Wildman–Crippen LogP) is 0.172. The van der Waals surface area contributed by atoms with Crippen LogP contribution in [0.25, 0.3) is 0 Å². The molecule has 1 aliphatic rings. The van der Waals surface area contributed by atoms with Crippen molar-refractivity contribution in [3.05, 3.63) is 30.1 Å². The van der Waals surface area contributed by atoms with Crippen molar-refractivity contribution in [3.8, 4) is 0 Å². The number of hydrogen-bond donors (Lipinski definition) is 0. The van der Waals surface area contributed by atoms with Gasteiger partial charge in [0.15, 0.2) is 11.7 Å². The average Bonchev–Trinajstić information content (AvgIpc) is 2.43. The Morgan fingerprint density at radius 1 is 1.53 bits per heavy atom. The van der Waals surface area contributed by atoms with Crippen molar-refractivity contribution in [2.45, 2.75) is 13.0 Å². The maximum atomic E-state index is 12.1. The molecule has 1 aromatic heterocycles. The number of carbonyl (C=O) groups excluding carboxylic acids is 3. The highest BCUT2D eigenvalue weighted by atomic mass is 16.5. The summed E-state index contributed by atoms with van der Waals surface area (Å²) in [6.07, 6.45) is 3.46. The number of aromatic nitrogens is 1. The summed E-state index contributed by atoms with van der Waals surface area (Å²) in [5, 5.41) is 0. The standard InChI is InChI=1S/C13H14N2O4/c1-19-13(18)11-10(16)4-6-15(12(11)17)8-9-3-2-5-14-7-9/h2-3,5,7,11H,4,6,8H2,1H3. The molecule has 1 amide bonds. The molecule has 6 heteroatoms. The molecule has 6 nitrogen and oxygen atoms in total. The molecule has 1 fully saturated rings. The second-order valence-corrected chi connectivity index (χ2v) is 4.29. The third-order valence-corrected chi connectivity index (χ3v) is 3.04. The molecule has 2 rings (SSSR count). The Morgan fingerprint density at radius 3 is 2.95 bits per heavy atom. The van der Waals surface area contributed by atoms with E-state index in [1.165, 1.54) is 12.0 Å². The van der Waals surface area contributed by atoms with E-state index in [0.717, 1.165) is 5.56 Å². The Balaban J connectivity index is 2.13. The predicted molar refractivity (Wildman–Crippen MR) is 64.8 cm³/mol. The summed E-state index contributed by atoms with van der Waals surface area (Å²) in [7, 11) is 1.17. The summed E-state index contributed by atoms with van der Waals surface area (Å²) >= 11 is 0. The van der Waals surface area contributed by atoms with Gasteiger partial charge in [0, 0.05) is 31.9 Å². The van der Waals surface area contributed by atoms with Crippen LogP contribution in [-0.2, 0) is 25.7 Å². The molecule has 1 unspecified atom stereocenters. The molecule has 19 heavy (non-hydrogen) atoms. The van der Waals surface area contributed by atoms with Gasteiger partial charge in [-0.3, -0.25) is 19.4 Å². The van der Waals surface area contributed by atoms with E-state index in [0.29, 0.717) is 13.1 Å². The number of ether oxygens (including phenoxy) is 1. The maximum Gasteiger partial charge on any atom is 0.325 e. The highest BCUT2D eigenvalue weighted by molar-refractivity contribution is 6.17. The fourth-order valence-corrected chi connectivity index (χ4v) is 2.04. The van der Waals surface area contributed by atoms with E-state index < -0.39 is 17.8 Å². The lowest BCUT2D eigenvalue weighted by Crippen LogP contribution is -2.49. The van der Waals surface area contributed by atoms with Crippen LogP contribution in [0.5, 0.6) is 0 Å². The second kappa shape index (κ2) is 5.60. The lowest BCUT2D eigenvalue weighted by molar-refractivity contribution is -0.160. The van der Waals surface area contributed by atoms with E-state index in [9.17, 15) is 14.4 Å². The Labute approximate surface area is 110 Å². The molecule has 0 spiro atoms. The SMILES string of the molecule is COC(=O)C1C(=O)CCN(Cc2cccnc2)C1=O. The summed E-state index contributed by atoms with van der Waals surface area (Å²) in [6, 6.07) is 3.61. The third kappa shape index (κ3) is 2.78. The maximum absolute atomic E-state index is 12.1. The van der Waals surface area contributed by atoms with Crippen molar-refractivity contribution in [3.63, 3.8) is 0 Å². The number of likely N-dealkylation sites (tertiary alicyclic amines) is 1. The molecular formula is C13H14N2O4. The summed E-state index contributed by atoms with van der Waals surface area (Å²) in [4.78, 5) is 40.7. The van der Waals surface area contributed by atoms with Gasteiger partial charge in [-0.15, -0.1) is 0 Å². The molecule has 0 radical (unpaired) electrons. The zero-order chi connectivity index (χ0) is 13.8. The molecule has 1 aromatic rings. The number of Topliss-reactive ketones (excluding diaryl/α,β-unsaturated/α-hetero) is 1. The summed E-state index contributed by atoms with van der Waals surface area (Å²) in [5.74, 6) is -2.97. The molecule has 1 aliphatic heterocycles. The molecule has 0 aliphatic carbocycles. The van der Waals surface area contributed by atoms with Crippen LogP contribution in [0.1, 0.15) is 12.0 Å². The summed E-state index contributed by atoms with van der Waals surface area (Å²) in [5.41, 5.74) is 0.855. The second-order valence-electron chi connectivity index (χ2n) is 4.29. The number of carbonyl (C=O) groups is 3. The van der Waals surface area contributed by atoms with E-state index in [1.54, 1.807) is 18.5 Å². The fourth-order valence-electron chi connectivity index (χ4n) is 2.04. The Hall–Kier alpha value is -2.24. The van der Waals surface area contributed by atoms with Crippen LogP contribution in [0.15, 0.2) is 24.5 Å². The minimum absolute atomic E-state index is 0.172. The summed E-state index contributed by atoms with van der Waals surface area (Å²) in [6.45, 7) is 0.660. The monoisotopic (exact) mass is 262 g/mol. The van der Waals surface area contributed by atoms with E-state index in [2.05, 4.69) is 9.72 Å². The van der Waals surface area contributed by atoms with E-state index in [4.69, 9.17) is 0 Å². The van der Waals surface area contributed by atoms with Crippen molar-refractivity contribution >= 4 is 17.7 Å². The minimum atomic E-state index is -1.31. The number of esters is 1. The molecule has 0 bridgehead atoms. The number of pyridine rings is 1. The van der Waals surface area contributed by atoms with Gasteiger partial charge in [-0.1, -0.05) is 6.07 Å². The lowest BCUT2D eigenvalue weighted by Gasteiger charge is -2.30. The molecule has 1 saturated heterocycles. The van der Waals surface area contributed by atoms with Gasteiger partial charge >= 0.3 is 5.97 Å². The van der Waals surface area contributed by atoms with Gasteiger partial charge in [-0.2, -0.15) is 0 Å². The third-order valence-electron chi connectivity index (χ3n) is 3.04. The van der Waals surface area contributed by atoms with Crippen LogP contribution in [0, 0.1) is 5.92 Å². The first-order chi connectivity index (χ1) is 9.13. The van der Waals surface area contributed by atoms with Crippen molar-refractivity contribution in [2.24, 2.45) is 5.92 Å².